The highest BCUT2D eigenvalue weighted by Crippen LogP contribution is 2.32. The van der Waals surface area contributed by atoms with Gasteiger partial charge in [0.05, 0.1) is 0 Å². The number of hydrogen-bond acceptors (Lipinski definition) is 2. The summed E-state index contributed by atoms with van der Waals surface area (Å²) in [6, 6.07) is 15.7. The molecule has 2 aromatic rings. The van der Waals surface area contributed by atoms with Crippen LogP contribution in [0.4, 0.5) is 0 Å². The molecule has 0 radical (unpaired) electrons. The average molecular weight is 286 g/mol. The van der Waals surface area contributed by atoms with Crippen LogP contribution >= 0.6 is 11.8 Å². The molecule has 2 nitrogen and oxygen atoms in total. The molecular weight excluding hydrogens is 268 g/mol. The van der Waals surface area contributed by atoms with Crippen molar-refractivity contribution >= 4 is 17.7 Å². The van der Waals surface area contributed by atoms with Gasteiger partial charge in [-0.15, -0.1) is 11.8 Å². The Balaban J connectivity index is 2.12. The van der Waals surface area contributed by atoms with Gasteiger partial charge in [0.25, 0.3) is 0 Å². The highest BCUT2D eigenvalue weighted by molar-refractivity contribution is 7.99. The van der Waals surface area contributed by atoms with E-state index in [9.17, 15) is 9.90 Å². The molecule has 0 saturated carbocycles. The number of rotatable bonds is 5. The smallest absolute Gasteiger partial charge is 0.321 e. The molecular formula is C17H18O2S. The summed E-state index contributed by atoms with van der Waals surface area (Å²) in [6.07, 6.45) is 0. The second-order valence-electron chi connectivity index (χ2n) is 4.94. The van der Waals surface area contributed by atoms with E-state index in [1.54, 1.807) is 0 Å². The number of aryl methyl sites for hydroxylation is 2. The van der Waals surface area contributed by atoms with Crippen molar-refractivity contribution in [2.45, 2.75) is 24.9 Å². The molecule has 0 bridgehead atoms. The second kappa shape index (κ2) is 6.62. The standard InChI is InChI=1S/C17H18O2S/c1-12-8-13(2)10-14(9-12)11-20-16(17(18)19)15-6-4-3-5-7-15/h3-10,16H,11H2,1-2H3,(H,18,19). The van der Waals surface area contributed by atoms with Crippen molar-refractivity contribution in [2.24, 2.45) is 0 Å². The Morgan fingerprint density at radius 3 is 2.25 bits per heavy atom. The SMILES string of the molecule is Cc1cc(C)cc(CSC(C(=O)O)c2ccccc2)c1. The lowest BCUT2D eigenvalue weighted by atomic mass is 10.1. The molecule has 0 spiro atoms. The third kappa shape index (κ3) is 3.87. The Labute approximate surface area is 123 Å². The van der Waals surface area contributed by atoms with Crippen LogP contribution in [0.1, 0.15) is 27.5 Å². The van der Waals surface area contributed by atoms with Crippen molar-refractivity contribution in [3.63, 3.8) is 0 Å². The lowest BCUT2D eigenvalue weighted by molar-refractivity contribution is -0.136. The third-order valence-corrected chi connectivity index (χ3v) is 4.33. The fourth-order valence-corrected chi connectivity index (χ4v) is 3.29. The van der Waals surface area contributed by atoms with Gasteiger partial charge in [0.15, 0.2) is 0 Å². The topological polar surface area (TPSA) is 37.3 Å². The Morgan fingerprint density at radius 2 is 1.70 bits per heavy atom. The van der Waals surface area contributed by atoms with Crippen LogP contribution in [0.15, 0.2) is 48.5 Å². The quantitative estimate of drug-likeness (QED) is 0.887. The molecule has 0 heterocycles. The average Bonchev–Trinajstić information content (AvgIpc) is 2.38. The summed E-state index contributed by atoms with van der Waals surface area (Å²) in [5.74, 6) is -0.0837. The summed E-state index contributed by atoms with van der Waals surface area (Å²) in [5.41, 5.74) is 4.45. The van der Waals surface area contributed by atoms with Crippen LogP contribution < -0.4 is 0 Å². The van der Waals surface area contributed by atoms with Gasteiger partial charge in [-0.3, -0.25) is 4.79 Å². The van der Waals surface area contributed by atoms with Crippen molar-refractivity contribution < 1.29 is 9.90 Å². The Kier molecular flexibility index (Phi) is 4.85. The molecule has 0 aliphatic carbocycles. The molecule has 0 aliphatic rings. The predicted octanol–water partition coefficient (Wildman–Crippen LogP) is 4.36. The molecule has 0 fully saturated rings. The van der Waals surface area contributed by atoms with E-state index in [-0.39, 0.29) is 0 Å². The van der Waals surface area contributed by atoms with E-state index in [1.165, 1.54) is 28.5 Å². The summed E-state index contributed by atoms with van der Waals surface area (Å²) in [6.45, 7) is 4.13. The molecule has 1 unspecified atom stereocenters. The second-order valence-corrected chi connectivity index (χ2v) is 6.03. The highest BCUT2D eigenvalue weighted by Gasteiger charge is 2.19. The van der Waals surface area contributed by atoms with E-state index in [2.05, 4.69) is 32.0 Å². The van der Waals surface area contributed by atoms with Crippen LogP contribution in [0, 0.1) is 13.8 Å². The van der Waals surface area contributed by atoms with Gasteiger partial charge in [-0.05, 0) is 25.0 Å². The number of carboxylic acids is 1. The van der Waals surface area contributed by atoms with E-state index >= 15 is 0 Å². The Bertz CT molecular complexity index is 573. The van der Waals surface area contributed by atoms with Crippen LogP contribution in [-0.4, -0.2) is 11.1 Å². The van der Waals surface area contributed by atoms with Crippen LogP contribution in [0.2, 0.25) is 0 Å². The zero-order valence-corrected chi connectivity index (χ0v) is 12.5. The molecule has 1 N–H and O–H groups in total. The van der Waals surface area contributed by atoms with E-state index < -0.39 is 11.2 Å². The van der Waals surface area contributed by atoms with Crippen LogP contribution in [0.5, 0.6) is 0 Å². The molecule has 1 atom stereocenters. The monoisotopic (exact) mass is 286 g/mol. The van der Waals surface area contributed by atoms with Crippen molar-refractivity contribution in [2.75, 3.05) is 0 Å². The lowest BCUT2D eigenvalue weighted by Gasteiger charge is -2.13. The summed E-state index contributed by atoms with van der Waals surface area (Å²) in [7, 11) is 0. The van der Waals surface area contributed by atoms with Gasteiger partial charge in [-0.2, -0.15) is 0 Å². The summed E-state index contributed by atoms with van der Waals surface area (Å²) in [4.78, 5) is 11.4. The van der Waals surface area contributed by atoms with Gasteiger partial charge >= 0.3 is 5.97 Å². The van der Waals surface area contributed by atoms with Crippen molar-refractivity contribution in [1.29, 1.82) is 0 Å². The molecule has 104 valence electrons. The zero-order chi connectivity index (χ0) is 14.5. The lowest BCUT2D eigenvalue weighted by Crippen LogP contribution is -2.08. The van der Waals surface area contributed by atoms with Crippen molar-refractivity contribution in [1.82, 2.24) is 0 Å². The number of carbonyl (C=O) groups is 1. The van der Waals surface area contributed by atoms with Crippen LogP contribution in [-0.2, 0) is 10.5 Å². The van der Waals surface area contributed by atoms with Gasteiger partial charge in [0.1, 0.15) is 5.25 Å². The molecule has 0 aromatic heterocycles. The largest absolute Gasteiger partial charge is 0.480 e. The molecule has 2 rings (SSSR count). The molecule has 0 saturated heterocycles. The van der Waals surface area contributed by atoms with Crippen molar-refractivity contribution in [3.8, 4) is 0 Å². The first-order valence-electron chi connectivity index (χ1n) is 6.53. The number of hydrogen-bond donors (Lipinski definition) is 1. The van der Waals surface area contributed by atoms with Crippen LogP contribution in [0.25, 0.3) is 0 Å². The molecule has 3 heteroatoms. The van der Waals surface area contributed by atoms with E-state index in [4.69, 9.17) is 0 Å². The third-order valence-electron chi connectivity index (χ3n) is 3.02. The van der Waals surface area contributed by atoms with Gasteiger partial charge in [-0.1, -0.05) is 59.7 Å². The molecule has 0 aliphatic heterocycles. The minimum absolute atomic E-state index is 0.517. The molecule has 2 aromatic carbocycles. The number of carboxylic acid groups (broad SMARTS) is 1. The fourth-order valence-electron chi connectivity index (χ4n) is 2.27. The summed E-state index contributed by atoms with van der Waals surface area (Å²) >= 11 is 1.45. The maximum absolute atomic E-state index is 11.4. The van der Waals surface area contributed by atoms with Gasteiger partial charge in [0, 0.05) is 5.75 Å². The van der Waals surface area contributed by atoms with Gasteiger partial charge < -0.3 is 5.11 Å². The first kappa shape index (κ1) is 14.7. The van der Waals surface area contributed by atoms with Gasteiger partial charge in [-0.25, -0.2) is 0 Å². The summed E-state index contributed by atoms with van der Waals surface area (Å²) in [5, 5.41) is 8.88. The highest BCUT2D eigenvalue weighted by atomic mass is 32.2. The van der Waals surface area contributed by atoms with Crippen LogP contribution in [0.3, 0.4) is 0 Å². The minimum Gasteiger partial charge on any atom is -0.480 e. The first-order chi connectivity index (χ1) is 9.56. The number of thioether (sulfide) groups is 1. The Morgan fingerprint density at radius 1 is 1.10 bits per heavy atom. The summed E-state index contributed by atoms with van der Waals surface area (Å²) < 4.78 is 0. The maximum Gasteiger partial charge on any atom is 0.321 e. The zero-order valence-electron chi connectivity index (χ0n) is 11.7. The Hall–Kier alpha value is -1.74. The fraction of sp³-hybridized carbons (Fsp3) is 0.235. The normalized spacial score (nSPS) is 12.1. The van der Waals surface area contributed by atoms with E-state index in [0.29, 0.717) is 5.75 Å². The maximum atomic E-state index is 11.4. The van der Waals surface area contributed by atoms with Crippen molar-refractivity contribution in [3.05, 3.63) is 70.8 Å². The van der Waals surface area contributed by atoms with E-state index in [1.807, 2.05) is 30.3 Å². The molecule has 0 amide bonds. The van der Waals surface area contributed by atoms with E-state index in [0.717, 1.165) is 5.56 Å². The molecule has 20 heavy (non-hydrogen) atoms. The number of benzene rings is 2. The minimum atomic E-state index is -0.787. The predicted molar refractivity (Wildman–Crippen MR) is 84.0 cm³/mol. The first-order valence-corrected chi connectivity index (χ1v) is 7.57. The van der Waals surface area contributed by atoms with Gasteiger partial charge in [0.2, 0.25) is 0 Å². The number of aliphatic carboxylic acids is 1.